The molecule has 0 aliphatic rings. The topological polar surface area (TPSA) is 42.1 Å². The summed E-state index contributed by atoms with van der Waals surface area (Å²) in [6.45, 7) is 7.11. The van der Waals surface area contributed by atoms with Crippen LogP contribution in [-0.2, 0) is 0 Å². The molecule has 1 aromatic carbocycles. The van der Waals surface area contributed by atoms with Gasteiger partial charge in [-0.2, -0.15) is 0 Å². The molecule has 0 saturated heterocycles. The number of rotatable bonds is 4. The van der Waals surface area contributed by atoms with Crippen molar-refractivity contribution in [1.82, 2.24) is 4.98 Å². The maximum absolute atomic E-state index is 5.95. The fourth-order valence-corrected chi connectivity index (χ4v) is 2.19. The molecule has 0 aliphatic carbocycles. The van der Waals surface area contributed by atoms with Crippen LogP contribution in [0, 0.1) is 6.92 Å². The van der Waals surface area contributed by atoms with Gasteiger partial charge in [-0.25, -0.2) is 4.98 Å². The van der Waals surface area contributed by atoms with Crippen LogP contribution in [0.3, 0.4) is 0 Å². The largest absolute Gasteiger partial charge is 0.326 e. The Balaban J connectivity index is 2.43. The van der Waals surface area contributed by atoms with Crippen LogP contribution in [0.5, 0.6) is 0 Å². The number of anilines is 2. The van der Waals surface area contributed by atoms with Crippen LogP contribution in [0.25, 0.3) is 0 Å². The minimum atomic E-state index is 0.0253. The molecule has 1 heterocycles. The first-order chi connectivity index (χ1) is 9.13. The minimum absolute atomic E-state index is 0.0253. The lowest BCUT2D eigenvalue weighted by atomic mass is 10.1. The fraction of sp³-hybridized carbons (Fsp3) is 0.312. The molecule has 0 spiro atoms. The van der Waals surface area contributed by atoms with Crippen molar-refractivity contribution >= 4 is 11.5 Å². The van der Waals surface area contributed by atoms with Crippen molar-refractivity contribution in [2.45, 2.75) is 26.8 Å². The molecule has 0 saturated carbocycles. The predicted molar refractivity (Wildman–Crippen MR) is 80.7 cm³/mol. The molecule has 100 valence electrons. The van der Waals surface area contributed by atoms with Crippen molar-refractivity contribution in [3.63, 3.8) is 0 Å². The Hall–Kier alpha value is -1.87. The standard InChI is InChI=1S/C16H21N3/c1-4-19(15-8-6-5-7-12(15)2)16-11-14(13(3)17)9-10-18-16/h5-11,13H,4,17H2,1-3H3. The number of benzene rings is 1. The first kappa shape index (κ1) is 13.6. The van der Waals surface area contributed by atoms with Gasteiger partial charge in [-0.15, -0.1) is 0 Å². The lowest BCUT2D eigenvalue weighted by Gasteiger charge is -2.24. The van der Waals surface area contributed by atoms with Crippen molar-refractivity contribution in [2.24, 2.45) is 5.73 Å². The van der Waals surface area contributed by atoms with E-state index in [9.17, 15) is 0 Å². The highest BCUT2D eigenvalue weighted by Crippen LogP contribution is 2.27. The summed E-state index contributed by atoms with van der Waals surface area (Å²) in [6.07, 6.45) is 1.83. The van der Waals surface area contributed by atoms with E-state index in [-0.39, 0.29) is 6.04 Å². The van der Waals surface area contributed by atoms with Gasteiger partial charge in [0.1, 0.15) is 5.82 Å². The fourth-order valence-electron chi connectivity index (χ4n) is 2.19. The van der Waals surface area contributed by atoms with Gasteiger partial charge in [0.2, 0.25) is 0 Å². The van der Waals surface area contributed by atoms with Crippen LogP contribution in [0.1, 0.15) is 31.0 Å². The van der Waals surface area contributed by atoms with Gasteiger partial charge >= 0.3 is 0 Å². The van der Waals surface area contributed by atoms with Gasteiger partial charge in [0.25, 0.3) is 0 Å². The summed E-state index contributed by atoms with van der Waals surface area (Å²) in [5.74, 6) is 0.951. The zero-order chi connectivity index (χ0) is 13.8. The molecule has 0 aliphatic heterocycles. The number of hydrogen-bond donors (Lipinski definition) is 1. The monoisotopic (exact) mass is 255 g/mol. The molecule has 0 radical (unpaired) electrons. The Morgan fingerprint density at radius 3 is 2.63 bits per heavy atom. The van der Waals surface area contributed by atoms with Gasteiger partial charge in [0.15, 0.2) is 0 Å². The normalized spacial score (nSPS) is 12.2. The average Bonchev–Trinajstić information content (AvgIpc) is 2.42. The number of aromatic nitrogens is 1. The van der Waals surface area contributed by atoms with Gasteiger partial charge in [-0.05, 0) is 50.1 Å². The molecular weight excluding hydrogens is 234 g/mol. The molecule has 2 N–H and O–H groups in total. The van der Waals surface area contributed by atoms with E-state index in [1.807, 2.05) is 19.2 Å². The lowest BCUT2D eigenvalue weighted by Crippen LogP contribution is -2.19. The summed E-state index contributed by atoms with van der Waals surface area (Å²) in [4.78, 5) is 6.69. The minimum Gasteiger partial charge on any atom is -0.326 e. The first-order valence-corrected chi connectivity index (χ1v) is 6.68. The number of nitrogens with zero attached hydrogens (tertiary/aromatic N) is 2. The lowest BCUT2D eigenvalue weighted by molar-refractivity contribution is 0.813. The highest BCUT2D eigenvalue weighted by molar-refractivity contribution is 5.63. The number of para-hydroxylation sites is 1. The van der Waals surface area contributed by atoms with Crippen molar-refractivity contribution < 1.29 is 0 Å². The third-order valence-electron chi connectivity index (χ3n) is 3.29. The van der Waals surface area contributed by atoms with Crippen LogP contribution >= 0.6 is 0 Å². The molecule has 19 heavy (non-hydrogen) atoms. The van der Waals surface area contributed by atoms with E-state index < -0.39 is 0 Å². The van der Waals surface area contributed by atoms with Gasteiger partial charge in [-0.3, -0.25) is 0 Å². The summed E-state index contributed by atoms with van der Waals surface area (Å²) in [6, 6.07) is 12.4. The van der Waals surface area contributed by atoms with E-state index in [1.165, 1.54) is 11.3 Å². The SMILES string of the molecule is CCN(c1cc(C(C)N)ccn1)c1ccccc1C. The maximum atomic E-state index is 5.95. The third-order valence-corrected chi connectivity index (χ3v) is 3.29. The molecule has 1 aromatic heterocycles. The van der Waals surface area contributed by atoms with Crippen LogP contribution in [0.15, 0.2) is 42.6 Å². The third kappa shape index (κ3) is 2.93. The van der Waals surface area contributed by atoms with Gasteiger partial charge in [0.05, 0.1) is 0 Å². The molecule has 0 bridgehead atoms. The first-order valence-electron chi connectivity index (χ1n) is 6.68. The summed E-state index contributed by atoms with van der Waals surface area (Å²) < 4.78 is 0. The Kier molecular flexibility index (Phi) is 4.17. The van der Waals surface area contributed by atoms with E-state index >= 15 is 0 Å². The van der Waals surface area contributed by atoms with Crippen LogP contribution < -0.4 is 10.6 Å². The molecular formula is C16H21N3. The smallest absolute Gasteiger partial charge is 0.133 e. The molecule has 0 amide bonds. The van der Waals surface area contributed by atoms with Crippen molar-refractivity contribution in [3.05, 3.63) is 53.7 Å². The Morgan fingerprint density at radius 1 is 1.26 bits per heavy atom. The predicted octanol–water partition coefficient (Wildman–Crippen LogP) is 3.57. The molecule has 3 heteroatoms. The van der Waals surface area contributed by atoms with E-state index in [1.54, 1.807) is 0 Å². The van der Waals surface area contributed by atoms with E-state index in [0.717, 1.165) is 17.9 Å². The van der Waals surface area contributed by atoms with E-state index in [4.69, 9.17) is 5.73 Å². The second-order valence-corrected chi connectivity index (χ2v) is 4.77. The Morgan fingerprint density at radius 2 is 2.00 bits per heavy atom. The number of aryl methyl sites for hydroxylation is 1. The second-order valence-electron chi connectivity index (χ2n) is 4.77. The highest BCUT2D eigenvalue weighted by Gasteiger charge is 2.11. The van der Waals surface area contributed by atoms with Crippen LogP contribution in [0.4, 0.5) is 11.5 Å². The molecule has 3 nitrogen and oxygen atoms in total. The Bertz CT molecular complexity index is 549. The molecule has 0 fully saturated rings. The average molecular weight is 255 g/mol. The van der Waals surface area contributed by atoms with Crippen LogP contribution in [0.2, 0.25) is 0 Å². The molecule has 2 aromatic rings. The highest BCUT2D eigenvalue weighted by atomic mass is 15.2. The van der Waals surface area contributed by atoms with Gasteiger partial charge in [-0.1, -0.05) is 18.2 Å². The second kappa shape index (κ2) is 5.85. The number of hydrogen-bond acceptors (Lipinski definition) is 3. The summed E-state index contributed by atoms with van der Waals surface area (Å²) in [5.41, 5.74) is 9.50. The van der Waals surface area contributed by atoms with E-state index in [0.29, 0.717) is 0 Å². The van der Waals surface area contributed by atoms with Crippen LogP contribution in [-0.4, -0.2) is 11.5 Å². The van der Waals surface area contributed by atoms with Crippen molar-refractivity contribution in [1.29, 1.82) is 0 Å². The summed E-state index contributed by atoms with van der Waals surface area (Å²) in [7, 11) is 0. The Labute approximate surface area is 115 Å². The molecule has 1 unspecified atom stereocenters. The van der Waals surface area contributed by atoms with E-state index in [2.05, 4.69) is 54.1 Å². The van der Waals surface area contributed by atoms with Gasteiger partial charge in [0, 0.05) is 24.5 Å². The number of pyridine rings is 1. The molecule has 2 rings (SSSR count). The molecule has 1 atom stereocenters. The summed E-state index contributed by atoms with van der Waals surface area (Å²) >= 11 is 0. The maximum Gasteiger partial charge on any atom is 0.133 e. The quantitative estimate of drug-likeness (QED) is 0.908. The van der Waals surface area contributed by atoms with Crippen molar-refractivity contribution in [3.8, 4) is 0 Å². The zero-order valence-electron chi connectivity index (χ0n) is 11.8. The zero-order valence-corrected chi connectivity index (χ0v) is 11.8. The number of nitrogens with two attached hydrogens (primary N) is 1. The van der Waals surface area contributed by atoms with Gasteiger partial charge < -0.3 is 10.6 Å². The summed E-state index contributed by atoms with van der Waals surface area (Å²) in [5, 5.41) is 0. The van der Waals surface area contributed by atoms with Crippen molar-refractivity contribution in [2.75, 3.05) is 11.4 Å².